The molecule has 1 aromatic heterocycles. The van der Waals surface area contributed by atoms with E-state index in [1.165, 1.54) is 25.7 Å². The van der Waals surface area contributed by atoms with Crippen molar-refractivity contribution in [3.05, 3.63) is 15.8 Å². The molecule has 0 amide bonds. The van der Waals surface area contributed by atoms with Gasteiger partial charge in [0.2, 0.25) is 5.82 Å². The first-order valence-corrected chi connectivity index (χ1v) is 7.87. The standard InChI is InChI=1S/C15H26N4O2/c1-10(2)18-15(14(19(20)21)12(4)17-18)16-9-13-7-5-6-11(3)8-13/h10-11,13,16H,5-9H2,1-4H3. The van der Waals surface area contributed by atoms with Crippen LogP contribution in [0.5, 0.6) is 0 Å². The molecule has 1 aromatic rings. The van der Waals surface area contributed by atoms with E-state index in [1.807, 2.05) is 13.8 Å². The number of nitrogens with one attached hydrogen (secondary N) is 1. The van der Waals surface area contributed by atoms with Gasteiger partial charge in [-0.2, -0.15) is 5.10 Å². The first-order valence-electron chi connectivity index (χ1n) is 7.87. The Morgan fingerprint density at radius 2 is 2.19 bits per heavy atom. The molecule has 2 rings (SSSR count). The lowest BCUT2D eigenvalue weighted by atomic mass is 9.82. The van der Waals surface area contributed by atoms with Gasteiger partial charge in [0.1, 0.15) is 5.69 Å². The molecule has 1 saturated carbocycles. The summed E-state index contributed by atoms with van der Waals surface area (Å²) in [6.07, 6.45) is 4.98. The Morgan fingerprint density at radius 3 is 2.76 bits per heavy atom. The maximum absolute atomic E-state index is 11.3. The molecule has 118 valence electrons. The van der Waals surface area contributed by atoms with Crippen LogP contribution in [-0.2, 0) is 0 Å². The Balaban J connectivity index is 2.16. The number of nitro groups is 1. The summed E-state index contributed by atoms with van der Waals surface area (Å²) >= 11 is 0. The van der Waals surface area contributed by atoms with Crippen molar-refractivity contribution >= 4 is 11.5 Å². The van der Waals surface area contributed by atoms with Gasteiger partial charge in [-0.25, -0.2) is 4.68 Å². The molecule has 0 spiro atoms. The lowest BCUT2D eigenvalue weighted by molar-refractivity contribution is -0.384. The number of aryl methyl sites for hydroxylation is 1. The van der Waals surface area contributed by atoms with E-state index in [0.29, 0.717) is 17.4 Å². The third kappa shape index (κ3) is 3.54. The Morgan fingerprint density at radius 1 is 1.48 bits per heavy atom. The lowest BCUT2D eigenvalue weighted by Gasteiger charge is -2.27. The SMILES string of the molecule is Cc1nn(C(C)C)c(NCC2CCCC(C)C2)c1[N+](=O)[O-]. The fourth-order valence-corrected chi connectivity index (χ4v) is 3.28. The van der Waals surface area contributed by atoms with Crippen LogP contribution < -0.4 is 5.32 Å². The minimum absolute atomic E-state index is 0.102. The van der Waals surface area contributed by atoms with Crippen LogP contribution in [0.2, 0.25) is 0 Å². The van der Waals surface area contributed by atoms with E-state index in [1.54, 1.807) is 11.6 Å². The molecule has 0 aliphatic heterocycles. The van der Waals surface area contributed by atoms with Crippen LogP contribution in [0.3, 0.4) is 0 Å². The second kappa shape index (κ2) is 6.45. The third-order valence-electron chi connectivity index (χ3n) is 4.33. The van der Waals surface area contributed by atoms with E-state index in [4.69, 9.17) is 0 Å². The molecule has 1 fully saturated rings. The van der Waals surface area contributed by atoms with Crippen molar-refractivity contribution in [3.8, 4) is 0 Å². The quantitative estimate of drug-likeness (QED) is 0.660. The second-order valence-electron chi connectivity index (χ2n) is 6.60. The van der Waals surface area contributed by atoms with Gasteiger partial charge < -0.3 is 5.32 Å². The summed E-state index contributed by atoms with van der Waals surface area (Å²) in [6.45, 7) is 8.76. The van der Waals surface area contributed by atoms with Gasteiger partial charge in [0.15, 0.2) is 0 Å². The smallest absolute Gasteiger partial charge is 0.333 e. The summed E-state index contributed by atoms with van der Waals surface area (Å²) in [5.74, 6) is 1.92. The number of aromatic nitrogens is 2. The van der Waals surface area contributed by atoms with Crippen LogP contribution >= 0.6 is 0 Å². The van der Waals surface area contributed by atoms with Gasteiger partial charge in [-0.1, -0.05) is 19.8 Å². The molecule has 6 heteroatoms. The van der Waals surface area contributed by atoms with Crippen LogP contribution in [-0.4, -0.2) is 21.2 Å². The summed E-state index contributed by atoms with van der Waals surface area (Å²) in [7, 11) is 0. The maximum Gasteiger partial charge on any atom is 0.333 e. The highest BCUT2D eigenvalue weighted by atomic mass is 16.6. The maximum atomic E-state index is 11.3. The number of hydrogen-bond acceptors (Lipinski definition) is 4. The molecule has 1 aliphatic rings. The van der Waals surface area contributed by atoms with E-state index in [9.17, 15) is 10.1 Å². The van der Waals surface area contributed by atoms with Crippen LogP contribution in [0.25, 0.3) is 0 Å². The normalized spacial score (nSPS) is 22.5. The van der Waals surface area contributed by atoms with Crippen molar-refractivity contribution in [2.75, 3.05) is 11.9 Å². The molecule has 0 aromatic carbocycles. The highest BCUT2D eigenvalue weighted by Gasteiger charge is 2.27. The molecule has 0 saturated heterocycles. The van der Waals surface area contributed by atoms with Crippen LogP contribution in [0.1, 0.15) is 58.2 Å². The van der Waals surface area contributed by atoms with Gasteiger partial charge in [0.25, 0.3) is 0 Å². The molecule has 1 aliphatic carbocycles. The van der Waals surface area contributed by atoms with E-state index in [2.05, 4.69) is 17.3 Å². The Hall–Kier alpha value is -1.59. The zero-order valence-electron chi connectivity index (χ0n) is 13.4. The van der Waals surface area contributed by atoms with Crippen molar-refractivity contribution < 1.29 is 4.92 Å². The average Bonchev–Trinajstić information content (AvgIpc) is 2.73. The number of rotatable bonds is 5. The van der Waals surface area contributed by atoms with Crippen LogP contribution in [0.15, 0.2) is 0 Å². The molecule has 1 heterocycles. The number of hydrogen-bond donors (Lipinski definition) is 1. The molecule has 0 bridgehead atoms. The van der Waals surface area contributed by atoms with Crippen molar-refractivity contribution in [3.63, 3.8) is 0 Å². The summed E-state index contributed by atoms with van der Waals surface area (Å²) in [6, 6.07) is 0.102. The van der Waals surface area contributed by atoms with Crippen molar-refractivity contribution in [1.82, 2.24) is 9.78 Å². The highest BCUT2D eigenvalue weighted by molar-refractivity contribution is 5.59. The van der Waals surface area contributed by atoms with E-state index >= 15 is 0 Å². The summed E-state index contributed by atoms with van der Waals surface area (Å²) in [5, 5.41) is 18.9. The topological polar surface area (TPSA) is 73.0 Å². The van der Waals surface area contributed by atoms with Gasteiger partial charge in [0.05, 0.1) is 4.92 Å². The molecule has 2 unspecified atom stereocenters. The molecule has 2 atom stereocenters. The zero-order chi connectivity index (χ0) is 15.6. The minimum Gasteiger partial charge on any atom is -0.364 e. The third-order valence-corrected chi connectivity index (χ3v) is 4.33. The highest BCUT2D eigenvalue weighted by Crippen LogP contribution is 2.33. The van der Waals surface area contributed by atoms with Crippen LogP contribution in [0, 0.1) is 28.9 Å². The van der Waals surface area contributed by atoms with E-state index in [0.717, 1.165) is 12.5 Å². The predicted molar refractivity (Wildman–Crippen MR) is 83.6 cm³/mol. The number of nitrogens with zero attached hydrogens (tertiary/aromatic N) is 3. The van der Waals surface area contributed by atoms with Gasteiger partial charge in [-0.3, -0.25) is 10.1 Å². The Bertz CT molecular complexity index is 510. The molecule has 0 radical (unpaired) electrons. The lowest BCUT2D eigenvalue weighted by Crippen LogP contribution is -2.22. The first-order chi connectivity index (χ1) is 9.90. The molecular formula is C15H26N4O2. The van der Waals surface area contributed by atoms with Crippen molar-refractivity contribution in [2.45, 2.75) is 59.4 Å². The molecule has 21 heavy (non-hydrogen) atoms. The van der Waals surface area contributed by atoms with E-state index in [-0.39, 0.29) is 16.7 Å². The monoisotopic (exact) mass is 294 g/mol. The van der Waals surface area contributed by atoms with E-state index < -0.39 is 0 Å². The fourth-order valence-electron chi connectivity index (χ4n) is 3.28. The predicted octanol–water partition coefficient (Wildman–Crippen LogP) is 3.92. The Kier molecular flexibility index (Phi) is 4.85. The summed E-state index contributed by atoms with van der Waals surface area (Å²) in [5.41, 5.74) is 0.598. The van der Waals surface area contributed by atoms with Crippen molar-refractivity contribution in [1.29, 1.82) is 0 Å². The largest absolute Gasteiger partial charge is 0.364 e. The summed E-state index contributed by atoms with van der Waals surface area (Å²) in [4.78, 5) is 11.0. The van der Waals surface area contributed by atoms with Gasteiger partial charge >= 0.3 is 5.69 Å². The first kappa shape index (κ1) is 15.8. The van der Waals surface area contributed by atoms with Crippen molar-refractivity contribution in [2.24, 2.45) is 11.8 Å². The molecule has 1 N–H and O–H groups in total. The average molecular weight is 294 g/mol. The second-order valence-corrected chi connectivity index (χ2v) is 6.60. The number of anilines is 1. The summed E-state index contributed by atoms with van der Waals surface area (Å²) < 4.78 is 1.74. The zero-order valence-corrected chi connectivity index (χ0v) is 13.4. The van der Waals surface area contributed by atoms with Gasteiger partial charge in [-0.15, -0.1) is 0 Å². The molecule has 6 nitrogen and oxygen atoms in total. The molecular weight excluding hydrogens is 268 g/mol. The minimum atomic E-state index is -0.326. The van der Waals surface area contributed by atoms with Crippen LogP contribution in [0.4, 0.5) is 11.5 Å². The van der Waals surface area contributed by atoms with Gasteiger partial charge in [-0.05, 0) is 45.4 Å². The van der Waals surface area contributed by atoms with Gasteiger partial charge in [0, 0.05) is 12.6 Å². The fraction of sp³-hybridized carbons (Fsp3) is 0.800. The Labute approximate surface area is 126 Å².